The number of nitrogens with one attached hydrogen (secondary N) is 1. The largest absolute Gasteiger partial charge is 0.482 e. The van der Waals surface area contributed by atoms with Crippen molar-refractivity contribution >= 4 is 29.1 Å². The maximum Gasteiger partial charge on any atom is 0.265 e. The predicted octanol–water partition coefficient (Wildman–Crippen LogP) is 1.68. The molecule has 0 unspecified atom stereocenters. The van der Waals surface area contributed by atoms with Gasteiger partial charge in [-0.2, -0.15) is 0 Å². The molecule has 8 heteroatoms. The van der Waals surface area contributed by atoms with Gasteiger partial charge >= 0.3 is 0 Å². The minimum absolute atomic E-state index is 0.0699. The first kappa shape index (κ1) is 18.0. The van der Waals surface area contributed by atoms with Crippen molar-refractivity contribution in [1.82, 2.24) is 9.88 Å². The molecule has 0 atom stereocenters. The minimum atomic E-state index is -0.344. The lowest BCUT2D eigenvalue weighted by molar-refractivity contribution is -0.123. The monoisotopic (exact) mass is 380 g/mol. The number of aromatic nitrogens is 1. The van der Waals surface area contributed by atoms with Crippen molar-refractivity contribution in [3.05, 3.63) is 48.3 Å². The number of benzene rings is 1. The second-order valence-corrected chi connectivity index (χ2v) is 6.73. The van der Waals surface area contributed by atoms with Crippen molar-refractivity contribution in [2.45, 2.75) is 12.8 Å². The Hall–Kier alpha value is -3.42. The molecule has 0 saturated carbocycles. The molecule has 1 saturated heterocycles. The molecule has 3 heterocycles. The Balaban J connectivity index is 1.55. The van der Waals surface area contributed by atoms with E-state index in [0.717, 1.165) is 25.9 Å². The van der Waals surface area contributed by atoms with E-state index in [2.05, 4.69) is 10.3 Å². The summed E-state index contributed by atoms with van der Waals surface area (Å²) in [6, 6.07) is 8.34. The Kier molecular flexibility index (Phi) is 4.92. The van der Waals surface area contributed by atoms with Gasteiger partial charge in [0.25, 0.3) is 11.8 Å². The van der Waals surface area contributed by atoms with Gasteiger partial charge in [0.05, 0.1) is 5.69 Å². The van der Waals surface area contributed by atoms with Crippen LogP contribution in [0.15, 0.2) is 42.7 Å². The van der Waals surface area contributed by atoms with Crippen LogP contribution in [0.4, 0.5) is 11.4 Å². The van der Waals surface area contributed by atoms with Crippen LogP contribution in [0.2, 0.25) is 0 Å². The molecule has 8 nitrogen and oxygen atoms in total. The first-order valence-corrected chi connectivity index (χ1v) is 9.18. The molecule has 144 valence electrons. The van der Waals surface area contributed by atoms with Crippen molar-refractivity contribution in [1.29, 1.82) is 0 Å². The van der Waals surface area contributed by atoms with Gasteiger partial charge in [-0.05, 0) is 43.2 Å². The van der Waals surface area contributed by atoms with E-state index < -0.39 is 0 Å². The van der Waals surface area contributed by atoms with E-state index in [0.29, 0.717) is 22.7 Å². The maximum absolute atomic E-state index is 12.7. The molecular weight excluding hydrogens is 360 g/mol. The average molecular weight is 380 g/mol. The summed E-state index contributed by atoms with van der Waals surface area (Å²) in [5.41, 5.74) is 1.52. The van der Waals surface area contributed by atoms with Crippen LogP contribution in [0, 0.1) is 0 Å². The summed E-state index contributed by atoms with van der Waals surface area (Å²) in [7, 11) is 0. The molecule has 1 aromatic heterocycles. The van der Waals surface area contributed by atoms with Gasteiger partial charge in [0, 0.05) is 36.7 Å². The Labute approximate surface area is 162 Å². The van der Waals surface area contributed by atoms with E-state index in [1.165, 1.54) is 4.90 Å². The van der Waals surface area contributed by atoms with E-state index in [9.17, 15) is 14.4 Å². The molecular formula is C20H20N4O4. The number of hydrogen-bond donors (Lipinski definition) is 1. The lowest BCUT2D eigenvalue weighted by Gasteiger charge is -2.29. The molecule has 3 amide bonds. The van der Waals surface area contributed by atoms with Crippen LogP contribution < -0.4 is 15.0 Å². The molecule has 1 aromatic carbocycles. The quantitative estimate of drug-likeness (QED) is 0.871. The Morgan fingerprint density at radius 3 is 2.61 bits per heavy atom. The van der Waals surface area contributed by atoms with Gasteiger partial charge in [-0.3, -0.25) is 24.3 Å². The van der Waals surface area contributed by atoms with Crippen molar-refractivity contribution in [3.8, 4) is 5.75 Å². The van der Waals surface area contributed by atoms with Gasteiger partial charge in [0.2, 0.25) is 5.91 Å². The van der Waals surface area contributed by atoms with Gasteiger partial charge in [0.15, 0.2) is 6.61 Å². The number of amides is 3. The zero-order valence-electron chi connectivity index (χ0n) is 15.3. The van der Waals surface area contributed by atoms with E-state index in [-0.39, 0.29) is 30.9 Å². The van der Waals surface area contributed by atoms with Gasteiger partial charge in [-0.25, -0.2) is 0 Å². The number of fused-ring (bicyclic) bond motifs is 1. The molecule has 0 spiro atoms. The average Bonchev–Trinajstić information content (AvgIpc) is 3.25. The minimum Gasteiger partial charge on any atom is -0.482 e. The number of ether oxygens (including phenoxy) is 1. The highest BCUT2D eigenvalue weighted by Crippen LogP contribution is 2.33. The molecule has 1 N–H and O–H groups in total. The topological polar surface area (TPSA) is 91.8 Å². The standard InChI is InChI=1S/C20H20N4O4/c25-18(22-15-5-7-21-8-6-15)12-24-16-11-14(20(27)23-9-1-2-10-23)3-4-17(16)28-13-19(24)26/h3-8,11H,1-2,9-10,12-13H2,(H,21,22,25). The normalized spacial score (nSPS) is 15.8. The van der Waals surface area contributed by atoms with Gasteiger partial charge in [-0.1, -0.05) is 0 Å². The van der Waals surface area contributed by atoms with Gasteiger partial charge < -0.3 is 15.0 Å². The van der Waals surface area contributed by atoms with Crippen LogP contribution in [0.3, 0.4) is 0 Å². The second kappa shape index (κ2) is 7.67. The summed E-state index contributed by atoms with van der Waals surface area (Å²) >= 11 is 0. The molecule has 2 aliphatic rings. The van der Waals surface area contributed by atoms with Crippen molar-refractivity contribution in [2.75, 3.05) is 36.5 Å². The molecule has 28 heavy (non-hydrogen) atoms. The highest BCUT2D eigenvalue weighted by Gasteiger charge is 2.29. The van der Waals surface area contributed by atoms with E-state index in [4.69, 9.17) is 4.74 Å². The summed E-state index contributed by atoms with van der Waals surface area (Å²) < 4.78 is 5.47. The number of carbonyl (C=O) groups is 3. The fourth-order valence-electron chi connectivity index (χ4n) is 3.39. The Bertz CT molecular complexity index is 910. The van der Waals surface area contributed by atoms with E-state index in [1.54, 1.807) is 47.6 Å². The van der Waals surface area contributed by atoms with E-state index in [1.807, 2.05) is 0 Å². The fraction of sp³-hybridized carbons (Fsp3) is 0.300. The predicted molar refractivity (Wildman–Crippen MR) is 102 cm³/mol. The van der Waals surface area contributed by atoms with Crippen LogP contribution in [0.25, 0.3) is 0 Å². The van der Waals surface area contributed by atoms with Crippen LogP contribution in [-0.4, -0.2) is 53.8 Å². The summed E-state index contributed by atoms with van der Waals surface area (Å²) in [6.07, 6.45) is 5.14. The van der Waals surface area contributed by atoms with Crippen LogP contribution in [0.1, 0.15) is 23.2 Å². The zero-order chi connectivity index (χ0) is 19.5. The number of anilines is 2. The maximum atomic E-state index is 12.7. The number of carbonyl (C=O) groups excluding carboxylic acids is 3. The first-order chi connectivity index (χ1) is 13.6. The Morgan fingerprint density at radius 1 is 1.11 bits per heavy atom. The molecule has 0 bridgehead atoms. The number of pyridine rings is 1. The second-order valence-electron chi connectivity index (χ2n) is 6.73. The van der Waals surface area contributed by atoms with Crippen molar-refractivity contribution in [2.24, 2.45) is 0 Å². The number of nitrogens with zero attached hydrogens (tertiary/aromatic N) is 3. The zero-order valence-corrected chi connectivity index (χ0v) is 15.3. The molecule has 0 aliphatic carbocycles. The summed E-state index contributed by atoms with van der Waals surface area (Å²) in [5.74, 6) is -0.263. The summed E-state index contributed by atoms with van der Waals surface area (Å²) in [4.78, 5) is 44.6. The number of hydrogen-bond acceptors (Lipinski definition) is 5. The highest BCUT2D eigenvalue weighted by molar-refractivity contribution is 6.06. The third-order valence-electron chi connectivity index (χ3n) is 4.81. The molecule has 2 aliphatic heterocycles. The van der Waals surface area contributed by atoms with E-state index >= 15 is 0 Å². The lowest BCUT2D eigenvalue weighted by Crippen LogP contribution is -2.43. The molecule has 2 aromatic rings. The van der Waals surface area contributed by atoms with Crippen LogP contribution >= 0.6 is 0 Å². The smallest absolute Gasteiger partial charge is 0.265 e. The van der Waals surface area contributed by atoms with Crippen LogP contribution in [-0.2, 0) is 9.59 Å². The molecule has 1 fully saturated rings. The summed E-state index contributed by atoms with van der Waals surface area (Å²) in [5, 5.41) is 2.73. The third kappa shape index (κ3) is 3.66. The fourth-order valence-corrected chi connectivity index (χ4v) is 3.39. The third-order valence-corrected chi connectivity index (χ3v) is 4.81. The SMILES string of the molecule is O=C(CN1C(=O)COc2ccc(C(=O)N3CCCC3)cc21)Nc1ccncc1. The number of rotatable bonds is 4. The molecule has 4 rings (SSSR count). The first-order valence-electron chi connectivity index (χ1n) is 9.18. The number of likely N-dealkylation sites (tertiary alicyclic amines) is 1. The van der Waals surface area contributed by atoms with Gasteiger partial charge in [-0.15, -0.1) is 0 Å². The van der Waals surface area contributed by atoms with Crippen molar-refractivity contribution in [3.63, 3.8) is 0 Å². The highest BCUT2D eigenvalue weighted by atomic mass is 16.5. The Morgan fingerprint density at radius 2 is 1.86 bits per heavy atom. The molecule has 0 radical (unpaired) electrons. The summed E-state index contributed by atoms with van der Waals surface area (Å²) in [6.45, 7) is 1.17. The lowest BCUT2D eigenvalue weighted by atomic mass is 10.1. The van der Waals surface area contributed by atoms with Crippen LogP contribution in [0.5, 0.6) is 5.75 Å². The van der Waals surface area contributed by atoms with Crippen molar-refractivity contribution < 1.29 is 19.1 Å². The van der Waals surface area contributed by atoms with Gasteiger partial charge in [0.1, 0.15) is 12.3 Å².